The highest BCUT2D eigenvalue weighted by Crippen LogP contribution is 2.61. The minimum absolute atomic E-state index is 1.47. The van der Waals surface area contributed by atoms with E-state index in [1.54, 1.807) is 21.5 Å². The molecule has 0 bridgehead atoms. The van der Waals surface area contributed by atoms with Crippen LogP contribution in [0.15, 0.2) is 22.9 Å². The van der Waals surface area contributed by atoms with E-state index >= 15 is 0 Å². The van der Waals surface area contributed by atoms with Crippen molar-refractivity contribution < 1.29 is 0 Å². The van der Waals surface area contributed by atoms with E-state index in [0.717, 1.165) is 0 Å². The summed E-state index contributed by atoms with van der Waals surface area (Å²) in [4.78, 5) is 0. The molecule has 0 spiro atoms. The molecular formula is C24H4S11. The van der Waals surface area contributed by atoms with Crippen molar-refractivity contribution in [2.45, 2.75) is 0 Å². The van der Waals surface area contributed by atoms with Gasteiger partial charge in [0, 0.05) is 53.9 Å². The van der Waals surface area contributed by atoms with E-state index in [1.807, 2.05) is 125 Å². The number of rotatable bonds is 0. The van der Waals surface area contributed by atoms with Crippen LogP contribution in [0.2, 0.25) is 0 Å². The second-order valence-corrected chi connectivity index (χ2v) is 22.1. The molecule has 11 rings (SSSR count). The summed E-state index contributed by atoms with van der Waals surface area (Å²) in [6.45, 7) is 0. The van der Waals surface area contributed by atoms with Crippen LogP contribution in [0, 0.1) is 0 Å². The van der Waals surface area contributed by atoms with Gasteiger partial charge >= 0.3 is 0 Å². The van der Waals surface area contributed by atoms with E-state index in [-0.39, 0.29) is 0 Å². The van der Waals surface area contributed by atoms with Crippen molar-refractivity contribution >= 4 is 219 Å². The Balaban J connectivity index is 1.44. The van der Waals surface area contributed by atoms with Crippen LogP contribution >= 0.6 is 125 Å². The predicted octanol–water partition coefficient (Wildman–Crippen LogP) is 13.9. The molecule has 0 amide bonds. The fourth-order valence-corrected chi connectivity index (χ4v) is 21.8. The number of hydrogen-bond acceptors (Lipinski definition) is 11. The standard InChI is InChI=1S/C24H4S11/c1-3-25-15-5(1)7-9-11-13-14-12-10-8-6-2-4-26-16(6)28-18(8)30-20(10)32-22(12)34-24(14)35-23(13)33-21(11)31-19(9)29-17(7)27-15/h1-4H. The topological polar surface area (TPSA) is 0 Å². The van der Waals surface area contributed by atoms with Gasteiger partial charge < -0.3 is 0 Å². The first-order valence-electron chi connectivity index (χ1n) is 10.5. The Kier molecular flexibility index (Phi) is 3.48. The van der Waals surface area contributed by atoms with Crippen molar-refractivity contribution in [2.24, 2.45) is 0 Å². The Morgan fingerprint density at radius 3 is 0.886 bits per heavy atom. The maximum absolute atomic E-state index is 2.34. The van der Waals surface area contributed by atoms with Gasteiger partial charge in [0.05, 0.1) is 40.1 Å². The lowest BCUT2D eigenvalue weighted by Gasteiger charge is -1.90. The average molecular weight is 645 g/mol. The molecule has 0 radical (unpaired) electrons. The normalized spacial score (nSPS) is 13.7. The number of hydrogen-bond donors (Lipinski definition) is 0. The van der Waals surface area contributed by atoms with Gasteiger partial charge in [0.15, 0.2) is 0 Å². The highest BCUT2D eigenvalue weighted by Gasteiger charge is 2.27. The van der Waals surface area contributed by atoms with Crippen LogP contribution in [-0.4, -0.2) is 0 Å². The molecule has 0 fully saturated rings. The van der Waals surface area contributed by atoms with E-state index in [4.69, 9.17) is 0 Å². The van der Waals surface area contributed by atoms with Crippen molar-refractivity contribution in [3.8, 4) is 0 Å². The Hall–Kier alpha value is -0.700. The fraction of sp³-hybridized carbons (Fsp3) is 0. The fourth-order valence-electron chi connectivity index (χ4n) is 5.53. The molecule has 0 aliphatic carbocycles. The third kappa shape index (κ3) is 2.15. The van der Waals surface area contributed by atoms with Gasteiger partial charge in [0.1, 0.15) is 0 Å². The van der Waals surface area contributed by atoms with E-state index in [2.05, 4.69) is 22.9 Å². The largest absolute Gasteiger partial charge is 0.133 e. The summed E-state index contributed by atoms with van der Waals surface area (Å²) in [7, 11) is 0. The zero-order valence-electron chi connectivity index (χ0n) is 16.8. The van der Waals surface area contributed by atoms with Crippen LogP contribution in [0.3, 0.4) is 0 Å². The van der Waals surface area contributed by atoms with Gasteiger partial charge in [-0.1, -0.05) is 0 Å². The lowest BCUT2D eigenvalue weighted by Crippen LogP contribution is -1.64. The second kappa shape index (κ2) is 6.29. The molecule has 0 N–H and O–H groups in total. The smallest absolute Gasteiger partial charge is 0.0908 e. The van der Waals surface area contributed by atoms with Crippen molar-refractivity contribution in [1.29, 1.82) is 0 Å². The highest BCUT2D eigenvalue weighted by molar-refractivity contribution is 7.63. The van der Waals surface area contributed by atoms with E-state index in [0.29, 0.717) is 0 Å². The Morgan fingerprint density at radius 1 is 0.286 bits per heavy atom. The van der Waals surface area contributed by atoms with Gasteiger partial charge in [0.25, 0.3) is 0 Å². The van der Waals surface area contributed by atoms with Crippen molar-refractivity contribution in [3.63, 3.8) is 0 Å². The molecule has 0 aromatic carbocycles. The van der Waals surface area contributed by atoms with Crippen molar-refractivity contribution in [2.75, 3.05) is 0 Å². The second-order valence-electron chi connectivity index (χ2n) is 8.46. The molecule has 166 valence electrons. The van der Waals surface area contributed by atoms with Crippen LogP contribution in [0.25, 0.3) is 94.0 Å². The quantitative estimate of drug-likeness (QED) is 0.154. The van der Waals surface area contributed by atoms with Crippen LogP contribution in [-0.2, 0) is 0 Å². The molecular weight excluding hydrogens is 641 g/mol. The molecule has 0 aliphatic rings. The Labute approximate surface area is 238 Å². The lowest BCUT2D eigenvalue weighted by molar-refractivity contribution is 2.21. The van der Waals surface area contributed by atoms with Gasteiger partial charge in [-0.25, -0.2) is 0 Å². The molecule has 0 unspecified atom stereocenters. The predicted molar refractivity (Wildman–Crippen MR) is 178 cm³/mol. The molecule has 0 nitrogen and oxygen atoms in total. The van der Waals surface area contributed by atoms with E-state index in [9.17, 15) is 0 Å². The molecule has 35 heavy (non-hydrogen) atoms. The van der Waals surface area contributed by atoms with Gasteiger partial charge in [-0.15, -0.1) is 125 Å². The summed E-state index contributed by atoms with van der Waals surface area (Å²) in [6, 6.07) is 4.69. The number of thiophene rings is 11. The maximum Gasteiger partial charge on any atom is 0.0908 e. The first-order chi connectivity index (χ1) is 17.3. The Morgan fingerprint density at radius 2 is 0.543 bits per heavy atom. The summed E-state index contributed by atoms with van der Waals surface area (Å²) >= 11 is 22.0. The van der Waals surface area contributed by atoms with Crippen LogP contribution in [0.4, 0.5) is 0 Å². The first-order valence-corrected chi connectivity index (χ1v) is 19.7. The van der Waals surface area contributed by atoms with Gasteiger partial charge in [-0.05, 0) is 22.9 Å². The average Bonchev–Trinajstić information content (AvgIpc) is 3.61. The SMILES string of the molecule is c1cc2c(s1)sc1sc3sc4sc5sc6sc7sc8sc9sc%10sccc%10c9c8c7c6c5c4c3c12. The van der Waals surface area contributed by atoms with Gasteiger partial charge in [-0.3, -0.25) is 0 Å². The van der Waals surface area contributed by atoms with Gasteiger partial charge in [0.2, 0.25) is 0 Å². The van der Waals surface area contributed by atoms with Crippen LogP contribution < -0.4 is 0 Å². The zero-order chi connectivity index (χ0) is 22.2. The summed E-state index contributed by atoms with van der Waals surface area (Å²) in [6.07, 6.45) is 0. The molecule has 0 atom stereocenters. The summed E-state index contributed by atoms with van der Waals surface area (Å²) in [5, 5.41) is 19.8. The Bertz CT molecular complexity index is 2470. The van der Waals surface area contributed by atoms with E-state index < -0.39 is 0 Å². The number of fused-ring (bicyclic) bond motifs is 19. The molecule has 0 aliphatic heterocycles. The molecule has 11 aromatic rings. The maximum atomic E-state index is 2.34. The minimum Gasteiger partial charge on any atom is -0.133 e. The van der Waals surface area contributed by atoms with Crippen LogP contribution in [0.1, 0.15) is 0 Å². The molecule has 0 saturated heterocycles. The van der Waals surface area contributed by atoms with E-state index in [1.165, 1.54) is 72.5 Å². The zero-order valence-corrected chi connectivity index (χ0v) is 25.8. The molecule has 11 aromatic heterocycles. The summed E-state index contributed by atoms with van der Waals surface area (Å²) < 4.78 is 15.1. The summed E-state index contributed by atoms with van der Waals surface area (Å²) in [5.74, 6) is 0. The van der Waals surface area contributed by atoms with Crippen molar-refractivity contribution in [3.05, 3.63) is 22.9 Å². The highest BCUT2D eigenvalue weighted by atomic mass is 32.2. The van der Waals surface area contributed by atoms with Crippen molar-refractivity contribution in [1.82, 2.24) is 0 Å². The third-order valence-corrected chi connectivity index (χ3v) is 20.4. The molecule has 0 saturated carbocycles. The lowest BCUT2D eigenvalue weighted by atomic mass is 10.1. The summed E-state index contributed by atoms with van der Waals surface area (Å²) in [5.41, 5.74) is 0. The molecule has 11 heteroatoms. The monoisotopic (exact) mass is 644 g/mol. The minimum atomic E-state index is 1.47. The first kappa shape index (κ1) is 19.4. The molecule has 11 heterocycles. The van der Waals surface area contributed by atoms with Crippen LogP contribution in [0.5, 0.6) is 0 Å². The third-order valence-electron chi connectivity index (χ3n) is 6.85. The van der Waals surface area contributed by atoms with Gasteiger partial charge in [-0.2, -0.15) is 0 Å².